The van der Waals surface area contributed by atoms with E-state index in [1.807, 2.05) is 18.4 Å². The second kappa shape index (κ2) is 6.64. The van der Waals surface area contributed by atoms with Gasteiger partial charge in [-0.2, -0.15) is 0 Å². The normalized spacial score (nSPS) is 20.4. The molecule has 0 saturated carbocycles. The fraction of sp³-hybridized carbons (Fsp3) is 0.500. The molecule has 0 amide bonds. The third-order valence-electron chi connectivity index (χ3n) is 3.40. The van der Waals surface area contributed by atoms with E-state index < -0.39 is 11.9 Å². The molecule has 19 heavy (non-hydrogen) atoms. The molecular weight excluding hydrogens is 284 g/mol. The van der Waals surface area contributed by atoms with Crippen LogP contribution in [-0.4, -0.2) is 30.0 Å². The van der Waals surface area contributed by atoms with Gasteiger partial charge in [0.05, 0.1) is 17.0 Å². The standard InChI is InChI=1S/C14H17ClO3S/c1-19-13-5-4-9(7-12(13)15)11(14(16)17)8-10-3-2-6-18-10/h4-5,7,10-11H,2-3,6,8H2,1H3,(H,16,17)/t10-,11?/m1/s1. The molecule has 1 heterocycles. The van der Waals surface area contributed by atoms with E-state index in [0.29, 0.717) is 11.4 Å². The molecule has 0 radical (unpaired) electrons. The van der Waals surface area contributed by atoms with Crippen LogP contribution in [0, 0.1) is 0 Å². The molecule has 1 saturated heterocycles. The average Bonchev–Trinajstić information content (AvgIpc) is 2.88. The number of carboxylic acid groups (broad SMARTS) is 1. The maximum absolute atomic E-state index is 11.4. The van der Waals surface area contributed by atoms with Crippen LogP contribution in [0.1, 0.15) is 30.7 Å². The fourth-order valence-corrected chi connectivity index (χ4v) is 3.25. The van der Waals surface area contributed by atoms with Gasteiger partial charge in [-0.15, -0.1) is 11.8 Å². The summed E-state index contributed by atoms with van der Waals surface area (Å²) in [7, 11) is 0. The highest BCUT2D eigenvalue weighted by Gasteiger charge is 2.27. The third kappa shape index (κ3) is 3.65. The van der Waals surface area contributed by atoms with Crippen molar-refractivity contribution in [2.75, 3.05) is 12.9 Å². The van der Waals surface area contributed by atoms with Gasteiger partial charge in [0, 0.05) is 11.5 Å². The number of hydrogen-bond donors (Lipinski definition) is 1. The molecule has 0 aliphatic carbocycles. The number of halogens is 1. The first kappa shape index (κ1) is 14.7. The summed E-state index contributed by atoms with van der Waals surface area (Å²) in [6, 6.07) is 5.50. The van der Waals surface area contributed by atoms with Gasteiger partial charge in [-0.3, -0.25) is 4.79 Å². The molecule has 0 bridgehead atoms. The summed E-state index contributed by atoms with van der Waals surface area (Å²) in [4.78, 5) is 12.4. The summed E-state index contributed by atoms with van der Waals surface area (Å²) in [5, 5.41) is 10.0. The molecule has 1 unspecified atom stereocenters. The largest absolute Gasteiger partial charge is 0.481 e. The smallest absolute Gasteiger partial charge is 0.311 e. The first-order valence-electron chi connectivity index (χ1n) is 6.29. The van der Waals surface area contributed by atoms with E-state index in [-0.39, 0.29) is 6.10 Å². The Morgan fingerprint density at radius 2 is 2.42 bits per heavy atom. The van der Waals surface area contributed by atoms with E-state index in [4.69, 9.17) is 16.3 Å². The predicted octanol–water partition coefficient (Wildman–Crippen LogP) is 3.80. The van der Waals surface area contributed by atoms with Crippen molar-refractivity contribution >= 4 is 29.3 Å². The van der Waals surface area contributed by atoms with E-state index in [2.05, 4.69) is 0 Å². The summed E-state index contributed by atoms with van der Waals surface area (Å²) in [5.74, 6) is -1.36. The number of benzene rings is 1. The van der Waals surface area contributed by atoms with E-state index in [1.165, 1.54) is 0 Å². The van der Waals surface area contributed by atoms with E-state index in [1.54, 1.807) is 17.8 Å². The average molecular weight is 301 g/mol. The fourth-order valence-electron chi connectivity index (χ4n) is 2.37. The molecule has 1 aromatic rings. The van der Waals surface area contributed by atoms with Crippen molar-refractivity contribution in [3.05, 3.63) is 28.8 Å². The zero-order valence-electron chi connectivity index (χ0n) is 10.8. The number of hydrogen-bond acceptors (Lipinski definition) is 3. The van der Waals surface area contributed by atoms with Gasteiger partial charge in [-0.1, -0.05) is 17.7 Å². The Bertz CT molecular complexity index is 458. The molecule has 0 spiro atoms. The molecule has 3 nitrogen and oxygen atoms in total. The zero-order valence-corrected chi connectivity index (χ0v) is 12.3. The topological polar surface area (TPSA) is 46.5 Å². The summed E-state index contributed by atoms with van der Waals surface area (Å²) >= 11 is 7.70. The van der Waals surface area contributed by atoms with E-state index in [9.17, 15) is 9.90 Å². The zero-order chi connectivity index (χ0) is 13.8. The van der Waals surface area contributed by atoms with Crippen molar-refractivity contribution in [1.29, 1.82) is 0 Å². The Hall–Kier alpha value is -0.710. The van der Waals surface area contributed by atoms with E-state index in [0.717, 1.165) is 29.9 Å². The number of aliphatic carboxylic acids is 1. The number of carboxylic acids is 1. The van der Waals surface area contributed by atoms with Gasteiger partial charge in [0.25, 0.3) is 0 Å². The predicted molar refractivity (Wildman–Crippen MR) is 77.2 cm³/mol. The summed E-state index contributed by atoms with van der Waals surface area (Å²) in [5.41, 5.74) is 0.755. The molecule has 1 fully saturated rings. The van der Waals surface area contributed by atoms with Crippen molar-refractivity contribution in [3.8, 4) is 0 Å². The van der Waals surface area contributed by atoms with Crippen LogP contribution in [0.3, 0.4) is 0 Å². The highest BCUT2D eigenvalue weighted by atomic mass is 35.5. The van der Waals surface area contributed by atoms with Crippen molar-refractivity contribution < 1.29 is 14.6 Å². The van der Waals surface area contributed by atoms with Crippen LogP contribution in [-0.2, 0) is 9.53 Å². The lowest BCUT2D eigenvalue weighted by molar-refractivity contribution is -0.139. The van der Waals surface area contributed by atoms with Crippen molar-refractivity contribution in [2.45, 2.75) is 36.2 Å². The van der Waals surface area contributed by atoms with Crippen LogP contribution in [0.25, 0.3) is 0 Å². The lowest BCUT2D eigenvalue weighted by atomic mass is 9.92. The first-order valence-corrected chi connectivity index (χ1v) is 7.90. The van der Waals surface area contributed by atoms with Gasteiger partial charge < -0.3 is 9.84 Å². The summed E-state index contributed by atoms with van der Waals surface area (Å²) in [6.45, 7) is 0.739. The second-order valence-corrected chi connectivity index (χ2v) is 5.91. The lowest BCUT2D eigenvalue weighted by Gasteiger charge is -2.17. The molecule has 1 aliphatic heterocycles. The Labute approximate surface area is 122 Å². The minimum Gasteiger partial charge on any atom is -0.481 e. The van der Waals surface area contributed by atoms with Crippen LogP contribution in [0.5, 0.6) is 0 Å². The van der Waals surface area contributed by atoms with Crippen LogP contribution < -0.4 is 0 Å². The summed E-state index contributed by atoms with van der Waals surface area (Å²) < 4.78 is 5.53. The maximum atomic E-state index is 11.4. The SMILES string of the molecule is CSc1ccc(C(C[C@H]2CCCO2)C(=O)O)cc1Cl. The highest BCUT2D eigenvalue weighted by molar-refractivity contribution is 7.98. The lowest BCUT2D eigenvalue weighted by Crippen LogP contribution is -2.18. The molecule has 1 N–H and O–H groups in total. The Morgan fingerprint density at radius 1 is 1.63 bits per heavy atom. The minimum absolute atomic E-state index is 0.0557. The van der Waals surface area contributed by atoms with Gasteiger partial charge in [-0.05, 0) is 43.2 Å². The highest BCUT2D eigenvalue weighted by Crippen LogP contribution is 2.32. The molecule has 1 aromatic carbocycles. The summed E-state index contributed by atoms with van der Waals surface area (Å²) in [6.07, 6.45) is 4.48. The van der Waals surface area contributed by atoms with Crippen molar-refractivity contribution in [1.82, 2.24) is 0 Å². The maximum Gasteiger partial charge on any atom is 0.311 e. The van der Waals surface area contributed by atoms with Gasteiger partial charge in [0.1, 0.15) is 0 Å². The Kier molecular flexibility index (Phi) is 5.13. The van der Waals surface area contributed by atoms with Gasteiger partial charge in [0.15, 0.2) is 0 Å². The van der Waals surface area contributed by atoms with Crippen molar-refractivity contribution in [3.63, 3.8) is 0 Å². The molecule has 2 rings (SSSR count). The van der Waals surface area contributed by atoms with Crippen LogP contribution >= 0.6 is 23.4 Å². The molecule has 104 valence electrons. The van der Waals surface area contributed by atoms with E-state index >= 15 is 0 Å². The third-order valence-corrected chi connectivity index (χ3v) is 4.62. The quantitative estimate of drug-likeness (QED) is 0.840. The van der Waals surface area contributed by atoms with Crippen LogP contribution in [0.15, 0.2) is 23.1 Å². The number of rotatable bonds is 5. The van der Waals surface area contributed by atoms with Crippen molar-refractivity contribution in [2.24, 2.45) is 0 Å². The van der Waals surface area contributed by atoms with Gasteiger partial charge >= 0.3 is 5.97 Å². The van der Waals surface area contributed by atoms with Gasteiger partial charge in [0.2, 0.25) is 0 Å². The molecule has 5 heteroatoms. The van der Waals surface area contributed by atoms with Crippen LogP contribution in [0.2, 0.25) is 5.02 Å². The molecule has 1 aliphatic rings. The Morgan fingerprint density at radius 3 is 2.95 bits per heavy atom. The minimum atomic E-state index is -0.816. The van der Waals surface area contributed by atoms with Gasteiger partial charge in [-0.25, -0.2) is 0 Å². The number of carbonyl (C=O) groups is 1. The first-order chi connectivity index (χ1) is 9.11. The molecule has 2 atom stereocenters. The monoisotopic (exact) mass is 300 g/mol. The number of thioether (sulfide) groups is 1. The Balaban J connectivity index is 2.18. The molecule has 0 aromatic heterocycles. The number of ether oxygens (including phenoxy) is 1. The second-order valence-electron chi connectivity index (χ2n) is 4.66. The molecular formula is C14H17ClO3S. The van der Waals surface area contributed by atoms with Crippen LogP contribution in [0.4, 0.5) is 0 Å².